The van der Waals surface area contributed by atoms with Crippen LogP contribution in [0.4, 0.5) is 0 Å². The number of hydrogen-bond acceptors (Lipinski definition) is 2. The maximum Gasteiger partial charge on any atom is 0.119 e. The van der Waals surface area contributed by atoms with Crippen molar-refractivity contribution in [3.63, 3.8) is 0 Å². The molecular weight excluding hydrogens is 322 g/mol. The number of quaternary nitrogens is 1. The highest BCUT2D eigenvalue weighted by atomic mass is 16.4. The molecule has 0 bridgehead atoms. The Kier molecular flexibility index (Phi) is 17.4. The predicted octanol–water partition coefficient (Wildman–Crippen LogP) is 5.46. The summed E-state index contributed by atoms with van der Waals surface area (Å²) in [6, 6.07) is 0. The molecular formula is C23H47NO2. The van der Waals surface area contributed by atoms with Crippen LogP contribution < -0.4 is 5.11 Å². The summed E-state index contributed by atoms with van der Waals surface area (Å²) in [5.74, 6) is -0.860. The van der Waals surface area contributed by atoms with Gasteiger partial charge in [-0.15, -0.1) is 0 Å². The molecule has 0 rings (SSSR count). The standard InChI is InChI=1S/C23H47NO2/c1-4-7-10-13-16-19-24(22-23(25)26,20-17-14-11-8-5-2)21-18-15-12-9-6-3/h4-22H2,1-3H3. The minimum absolute atomic E-state index is 0.218. The van der Waals surface area contributed by atoms with E-state index >= 15 is 0 Å². The Bertz CT molecular complexity index is 281. The monoisotopic (exact) mass is 369 g/mol. The first-order valence-corrected chi connectivity index (χ1v) is 11.6. The minimum Gasteiger partial charge on any atom is -0.544 e. The van der Waals surface area contributed by atoms with Gasteiger partial charge in [0.05, 0.1) is 25.6 Å². The van der Waals surface area contributed by atoms with Crippen LogP contribution in [0.15, 0.2) is 0 Å². The lowest BCUT2D eigenvalue weighted by atomic mass is 10.1. The highest BCUT2D eigenvalue weighted by Gasteiger charge is 2.26. The molecule has 0 aliphatic heterocycles. The van der Waals surface area contributed by atoms with Crippen molar-refractivity contribution in [3.05, 3.63) is 0 Å². The summed E-state index contributed by atoms with van der Waals surface area (Å²) in [6.07, 6.45) is 18.8. The fourth-order valence-corrected chi connectivity index (χ4v) is 4.00. The maximum atomic E-state index is 11.5. The number of carboxylic acids is 1. The SMILES string of the molecule is CCCCCCC[N+](CCCCCCC)(CCCCCCC)CC(=O)[O-]. The molecule has 0 saturated heterocycles. The second-order valence-electron chi connectivity index (χ2n) is 8.29. The van der Waals surface area contributed by atoms with E-state index < -0.39 is 5.97 Å². The zero-order chi connectivity index (χ0) is 19.5. The lowest BCUT2D eigenvalue weighted by molar-refractivity contribution is -0.923. The Balaban J connectivity index is 4.61. The van der Waals surface area contributed by atoms with Gasteiger partial charge in [-0.1, -0.05) is 78.6 Å². The summed E-state index contributed by atoms with van der Waals surface area (Å²) in [5.41, 5.74) is 0. The molecule has 0 amide bonds. The van der Waals surface area contributed by atoms with Gasteiger partial charge in [-0.25, -0.2) is 0 Å². The molecule has 0 N–H and O–H groups in total. The first-order chi connectivity index (χ1) is 12.6. The van der Waals surface area contributed by atoms with E-state index in [9.17, 15) is 9.90 Å². The molecule has 0 atom stereocenters. The number of nitrogens with zero attached hydrogens (tertiary/aromatic N) is 1. The molecule has 3 nitrogen and oxygen atoms in total. The van der Waals surface area contributed by atoms with Crippen LogP contribution in [0, 0.1) is 0 Å². The number of carboxylic acid groups (broad SMARTS) is 1. The molecule has 0 aromatic heterocycles. The number of rotatable bonds is 20. The molecule has 26 heavy (non-hydrogen) atoms. The molecule has 0 aliphatic rings. The smallest absolute Gasteiger partial charge is 0.119 e. The van der Waals surface area contributed by atoms with Crippen molar-refractivity contribution < 1.29 is 14.4 Å². The molecule has 0 saturated carbocycles. The van der Waals surface area contributed by atoms with Crippen molar-refractivity contribution in [1.82, 2.24) is 0 Å². The molecule has 0 unspecified atom stereocenters. The summed E-state index contributed by atoms with van der Waals surface area (Å²) in [5, 5.41) is 11.5. The third kappa shape index (κ3) is 14.6. The number of carbonyl (C=O) groups excluding carboxylic acids is 1. The summed E-state index contributed by atoms with van der Waals surface area (Å²) in [7, 11) is 0. The Morgan fingerprint density at radius 3 is 1.15 bits per heavy atom. The third-order valence-electron chi connectivity index (χ3n) is 5.67. The van der Waals surface area contributed by atoms with Crippen LogP contribution >= 0.6 is 0 Å². The Morgan fingerprint density at radius 2 is 0.885 bits per heavy atom. The van der Waals surface area contributed by atoms with Gasteiger partial charge in [0.25, 0.3) is 0 Å². The number of aliphatic carboxylic acids is 1. The van der Waals surface area contributed by atoms with E-state index in [2.05, 4.69) is 20.8 Å². The second-order valence-corrected chi connectivity index (χ2v) is 8.29. The van der Waals surface area contributed by atoms with Crippen LogP contribution in [-0.2, 0) is 4.79 Å². The van der Waals surface area contributed by atoms with Gasteiger partial charge < -0.3 is 14.4 Å². The highest BCUT2D eigenvalue weighted by molar-refractivity contribution is 5.65. The predicted molar refractivity (Wildman–Crippen MR) is 111 cm³/mol. The van der Waals surface area contributed by atoms with Gasteiger partial charge in [0.2, 0.25) is 0 Å². The van der Waals surface area contributed by atoms with E-state index in [4.69, 9.17) is 0 Å². The zero-order valence-electron chi connectivity index (χ0n) is 18.2. The fourth-order valence-electron chi connectivity index (χ4n) is 4.00. The van der Waals surface area contributed by atoms with Gasteiger partial charge in [0, 0.05) is 0 Å². The van der Waals surface area contributed by atoms with Gasteiger partial charge in [0.1, 0.15) is 6.54 Å². The molecule has 0 aliphatic carbocycles. The molecule has 156 valence electrons. The van der Waals surface area contributed by atoms with Crippen LogP contribution in [0.3, 0.4) is 0 Å². The normalized spacial score (nSPS) is 11.8. The van der Waals surface area contributed by atoms with Crippen molar-refractivity contribution in [2.75, 3.05) is 26.2 Å². The molecule has 0 aromatic rings. The molecule has 0 radical (unpaired) electrons. The summed E-state index contributed by atoms with van der Waals surface area (Å²) in [6.45, 7) is 10.0. The maximum absolute atomic E-state index is 11.5. The van der Waals surface area contributed by atoms with Gasteiger partial charge in [-0.3, -0.25) is 0 Å². The largest absolute Gasteiger partial charge is 0.544 e. The lowest BCUT2D eigenvalue weighted by Gasteiger charge is -2.39. The molecule has 0 heterocycles. The number of hydrogen-bond donors (Lipinski definition) is 0. The van der Waals surface area contributed by atoms with Crippen LogP contribution in [-0.4, -0.2) is 36.6 Å². The molecule has 0 aromatic carbocycles. The van der Waals surface area contributed by atoms with Gasteiger partial charge in [0.15, 0.2) is 0 Å². The van der Waals surface area contributed by atoms with Crippen molar-refractivity contribution in [3.8, 4) is 0 Å². The fraction of sp³-hybridized carbons (Fsp3) is 0.957. The Hall–Kier alpha value is -0.570. The second kappa shape index (κ2) is 17.8. The van der Waals surface area contributed by atoms with Crippen molar-refractivity contribution in [2.45, 2.75) is 117 Å². The van der Waals surface area contributed by atoms with Crippen molar-refractivity contribution >= 4 is 5.97 Å². The third-order valence-corrected chi connectivity index (χ3v) is 5.67. The number of carbonyl (C=O) groups is 1. The summed E-state index contributed by atoms with van der Waals surface area (Å²) in [4.78, 5) is 11.5. The van der Waals surface area contributed by atoms with E-state index in [0.29, 0.717) is 0 Å². The first kappa shape index (κ1) is 25.4. The van der Waals surface area contributed by atoms with E-state index in [1.807, 2.05) is 0 Å². The van der Waals surface area contributed by atoms with Crippen molar-refractivity contribution in [2.24, 2.45) is 0 Å². The summed E-state index contributed by atoms with van der Waals surface area (Å²) < 4.78 is 0.771. The minimum atomic E-state index is -0.860. The molecule has 0 fully saturated rings. The van der Waals surface area contributed by atoms with Crippen LogP contribution in [0.5, 0.6) is 0 Å². The zero-order valence-corrected chi connectivity index (χ0v) is 18.2. The van der Waals surface area contributed by atoms with E-state index in [1.54, 1.807) is 0 Å². The van der Waals surface area contributed by atoms with Crippen LogP contribution in [0.1, 0.15) is 117 Å². The highest BCUT2D eigenvalue weighted by Crippen LogP contribution is 2.18. The first-order valence-electron chi connectivity index (χ1n) is 11.6. The van der Waals surface area contributed by atoms with Gasteiger partial charge >= 0.3 is 0 Å². The Morgan fingerprint density at radius 1 is 0.577 bits per heavy atom. The number of unbranched alkanes of at least 4 members (excludes halogenated alkanes) is 12. The van der Waals surface area contributed by atoms with Crippen LogP contribution in [0.2, 0.25) is 0 Å². The van der Waals surface area contributed by atoms with Crippen molar-refractivity contribution in [1.29, 1.82) is 0 Å². The van der Waals surface area contributed by atoms with E-state index in [0.717, 1.165) is 43.4 Å². The average molecular weight is 370 g/mol. The molecule has 0 spiro atoms. The lowest BCUT2D eigenvalue weighted by Crippen LogP contribution is -2.55. The summed E-state index contributed by atoms with van der Waals surface area (Å²) >= 11 is 0. The van der Waals surface area contributed by atoms with Gasteiger partial charge in [-0.2, -0.15) is 0 Å². The molecule has 3 heteroatoms. The van der Waals surface area contributed by atoms with E-state index in [1.165, 1.54) is 77.0 Å². The topological polar surface area (TPSA) is 40.1 Å². The van der Waals surface area contributed by atoms with Gasteiger partial charge in [-0.05, 0) is 38.5 Å². The van der Waals surface area contributed by atoms with E-state index in [-0.39, 0.29) is 6.54 Å². The quantitative estimate of drug-likeness (QED) is 0.211. The van der Waals surface area contributed by atoms with Crippen LogP contribution in [0.25, 0.3) is 0 Å². The average Bonchev–Trinajstić information content (AvgIpc) is 2.60. The Labute approximate surface area is 164 Å².